The van der Waals surface area contributed by atoms with Crippen LogP contribution < -0.4 is 5.73 Å². The van der Waals surface area contributed by atoms with Crippen LogP contribution in [-0.4, -0.2) is 5.11 Å². The van der Waals surface area contributed by atoms with Crippen molar-refractivity contribution in [1.82, 2.24) is 0 Å². The summed E-state index contributed by atoms with van der Waals surface area (Å²) in [6, 6.07) is 3.46. The minimum Gasteiger partial charge on any atom is -0.507 e. The fourth-order valence-electron chi connectivity index (χ4n) is 1.72. The van der Waals surface area contributed by atoms with E-state index in [1.165, 1.54) is 0 Å². The fraction of sp³-hybridized carbons (Fsp3) is 0.455. The smallest absolute Gasteiger partial charge is 0.123 e. The molecule has 1 aliphatic rings. The number of benzene rings is 1. The summed E-state index contributed by atoms with van der Waals surface area (Å²) in [5.41, 5.74) is 7.60. The molecule has 1 aromatic rings. The highest BCUT2D eigenvalue weighted by Crippen LogP contribution is 2.43. The van der Waals surface area contributed by atoms with Crippen LogP contribution in [0.15, 0.2) is 12.1 Å². The Labute approximate surface area is 101 Å². The van der Waals surface area contributed by atoms with Crippen LogP contribution in [0.25, 0.3) is 0 Å². The second-order valence-electron chi connectivity index (χ2n) is 4.02. The van der Waals surface area contributed by atoms with Gasteiger partial charge < -0.3 is 10.8 Å². The van der Waals surface area contributed by atoms with Gasteiger partial charge in [0.1, 0.15) is 5.75 Å². The van der Waals surface area contributed by atoms with Crippen molar-refractivity contribution in [3.05, 3.63) is 28.3 Å². The number of nitrogens with two attached hydrogens (primary N) is 1. The standard InChI is InChI=1S/C11H14ClNO.ClH/c1-6-4-8(12)5-9(11(6)14)10(13)7-2-3-7;/h4-5,7,10,14H,2-3,13H2,1H3;1H/t10-;/m1./s1. The predicted molar refractivity (Wildman–Crippen MR) is 64.8 cm³/mol. The summed E-state index contributed by atoms with van der Waals surface area (Å²) < 4.78 is 0. The Kier molecular flexibility index (Phi) is 3.87. The van der Waals surface area contributed by atoms with Crippen molar-refractivity contribution in [1.29, 1.82) is 0 Å². The second-order valence-corrected chi connectivity index (χ2v) is 4.46. The van der Waals surface area contributed by atoms with E-state index < -0.39 is 0 Å². The van der Waals surface area contributed by atoms with Gasteiger partial charge in [-0.05, 0) is 43.4 Å². The van der Waals surface area contributed by atoms with Crippen molar-refractivity contribution < 1.29 is 5.11 Å². The number of hydrogen-bond acceptors (Lipinski definition) is 2. The van der Waals surface area contributed by atoms with Gasteiger partial charge in [-0.2, -0.15) is 0 Å². The lowest BCUT2D eigenvalue weighted by molar-refractivity contribution is 0.452. The molecule has 4 heteroatoms. The number of phenolic OH excluding ortho intramolecular Hbond substituents is 1. The van der Waals surface area contributed by atoms with Crippen molar-refractivity contribution in [3.8, 4) is 5.75 Å². The third-order valence-electron chi connectivity index (χ3n) is 2.78. The van der Waals surface area contributed by atoms with Crippen LogP contribution in [0.4, 0.5) is 0 Å². The summed E-state index contributed by atoms with van der Waals surface area (Å²) in [7, 11) is 0. The van der Waals surface area contributed by atoms with Gasteiger partial charge in [0.15, 0.2) is 0 Å². The summed E-state index contributed by atoms with van der Waals surface area (Å²) in [5, 5.41) is 10.5. The molecule has 0 radical (unpaired) electrons. The average molecular weight is 248 g/mol. The molecule has 0 amide bonds. The highest BCUT2D eigenvalue weighted by molar-refractivity contribution is 6.30. The Morgan fingerprint density at radius 2 is 2.07 bits per heavy atom. The van der Waals surface area contributed by atoms with Crippen molar-refractivity contribution in [2.75, 3.05) is 0 Å². The summed E-state index contributed by atoms with van der Waals surface area (Å²) >= 11 is 5.92. The summed E-state index contributed by atoms with van der Waals surface area (Å²) in [5.74, 6) is 0.826. The van der Waals surface area contributed by atoms with E-state index in [4.69, 9.17) is 17.3 Å². The molecule has 0 spiro atoms. The van der Waals surface area contributed by atoms with Gasteiger partial charge in [0.05, 0.1) is 0 Å². The maximum Gasteiger partial charge on any atom is 0.123 e. The molecule has 0 aromatic heterocycles. The van der Waals surface area contributed by atoms with Crippen molar-refractivity contribution in [2.45, 2.75) is 25.8 Å². The molecule has 0 unspecified atom stereocenters. The molecule has 0 bridgehead atoms. The van der Waals surface area contributed by atoms with Gasteiger partial charge in [0.25, 0.3) is 0 Å². The van der Waals surface area contributed by atoms with Crippen LogP contribution in [-0.2, 0) is 0 Å². The maximum absolute atomic E-state index is 9.83. The number of aryl methyl sites for hydroxylation is 1. The molecule has 84 valence electrons. The zero-order valence-corrected chi connectivity index (χ0v) is 10.1. The molecular weight excluding hydrogens is 233 g/mol. The molecule has 0 saturated heterocycles. The number of halogens is 2. The first-order valence-electron chi connectivity index (χ1n) is 4.84. The molecule has 1 saturated carbocycles. The minimum absolute atomic E-state index is 0. The second kappa shape index (κ2) is 4.60. The molecule has 1 atom stereocenters. The first-order chi connectivity index (χ1) is 6.59. The molecule has 15 heavy (non-hydrogen) atoms. The molecule has 2 rings (SSSR count). The monoisotopic (exact) mass is 247 g/mol. The van der Waals surface area contributed by atoms with Crippen molar-refractivity contribution in [2.24, 2.45) is 11.7 Å². The third kappa shape index (κ3) is 2.57. The third-order valence-corrected chi connectivity index (χ3v) is 3.00. The van der Waals surface area contributed by atoms with Crippen LogP contribution in [0, 0.1) is 12.8 Å². The molecule has 1 aliphatic carbocycles. The highest BCUT2D eigenvalue weighted by Gasteiger charge is 2.31. The Hall–Kier alpha value is -0.440. The van der Waals surface area contributed by atoms with Crippen LogP contribution in [0.5, 0.6) is 5.75 Å². The minimum atomic E-state index is -0.0626. The van der Waals surface area contributed by atoms with E-state index in [0.717, 1.165) is 24.0 Å². The molecule has 0 heterocycles. The van der Waals surface area contributed by atoms with E-state index in [2.05, 4.69) is 0 Å². The maximum atomic E-state index is 9.83. The molecule has 1 fully saturated rings. The van der Waals surface area contributed by atoms with Gasteiger partial charge in [-0.3, -0.25) is 0 Å². The Morgan fingerprint density at radius 3 is 2.60 bits per heavy atom. The first kappa shape index (κ1) is 12.6. The van der Waals surface area contributed by atoms with Gasteiger partial charge in [-0.15, -0.1) is 12.4 Å². The van der Waals surface area contributed by atoms with Gasteiger partial charge in [0, 0.05) is 16.6 Å². The van der Waals surface area contributed by atoms with Gasteiger partial charge in [-0.25, -0.2) is 0 Å². The quantitative estimate of drug-likeness (QED) is 0.844. The van der Waals surface area contributed by atoms with E-state index in [-0.39, 0.29) is 18.4 Å². The normalized spacial score (nSPS) is 17.0. The number of aromatic hydroxyl groups is 1. The molecule has 2 nitrogen and oxygen atoms in total. The summed E-state index contributed by atoms with van der Waals surface area (Å²) in [6.07, 6.45) is 2.32. The zero-order valence-electron chi connectivity index (χ0n) is 8.53. The van der Waals surface area contributed by atoms with Crippen LogP contribution in [0.2, 0.25) is 5.02 Å². The van der Waals surface area contributed by atoms with E-state index in [1.54, 1.807) is 12.1 Å². The predicted octanol–water partition coefficient (Wildman–Crippen LogP) is 3.19. The van der Waals surface area contributed by atoms with Gasteiger partial charge in [0.2, 0.25) is 0 Å². The average Bonchev–Trinajstić information content (AvgIpc) is 2.93. The van der Waals surface area contributed by atoms with Gasteiger partial charge in [-0.1, -0.05) is 11.6 Å². The molecular formula is C11H15Cl2NO. The van der Waals surface area contributed by atoms with E-state index in [0.29, 0.717) is 16.7 Å². The topological polar surface area (TPSA) is 46.2 Å². The largest absolute Gasteiger partial charge is 0.507 e. The Balaban J connectivity index is 0.00000112. The lowest BCUT2D eigenvalue weighted by Gasteiger charge is -2.14. The summed E-state index contributed by atoms with van der Waals surface area (Å²) in [6.45, 7) is 1.84. The van der Waals surface area contributed by atoms with Crippen LogP contribution >= 0.6 is 24.0 Å². The number of hydrogen-bond donors (Lipinski definition) is 2. The Bertz CT molecular complexity index is 364. The first-order valence-corrected chi connectivity index (χ1v) is 5.22. The van der Waals surface area contributed by atoms with Crippen LogP contribution in [0.1, 0.15) is 30.0 Å². The van der Waals surface area contributed by atoms with E-state index >= 15 is 0 Å². The number of rotatable bonds is 2. The van der Waals surface area contributed by atoms with E-state index in [1.807, 2.05) is 6.92 Å². The molecule has 1 aromatic carbocycles. The molecule has 3 N–H and O–H groups in total. The Morgan fingerprint density at radius 1 is 1.47 bits per heavy atom. The van der Waals surface area contributed by atoms with E-state index in [9.17, 15) is 5.11 Å². The lowest BCUT2D eigenvalue weighted by atomic mass is 10.00. The van der Waals surface area contributed by atoms with Crippen molar-refractivity contribution in [3.63, 3.8) is 0 Å². The fourth-order valence-corrected chi connectivity index (χ4v) is 2.01. The SMILES string of the molecule is Cc1cc(Cl)cc([C@H](N)C2CC2)c1O.Cl. The number of phenols is 1. The lowest BCUT2D eigenvalue weighted by Crippen LogP contribution is -2.12. The van der Waals surface area contributed by atoms with Crippen molar-refractivity contribution >= 4 is 24.0 Å². The zero-order chi connectivity index (χ0) is 10.3. The molecule has 0 aliphatic heterocycles. The van der Waals surface area contributed by atoms with Crippen LogP contribution in [0.3, 0.4) is 0 Å². The van der Waals surface area contributed by atoms with Gasteiger partial charge >= 0.3 is 0 Å². The highest BCUT2D eigenvalue weighted by atomic mass is 35.5. The summed E-state index contributed by atoms with van der Waals surface area (Å²) in [4.78, 5) is 0.